The van der Waals surface area contributed by atoms with Gasteiger partial charge in [0.25, 0.3) is 0 Å². The molecule has 1 saturated carbocycles. The second kappa shape index (κ2) is 6.65. The predicted octanol–water partition coefficient (Wildman–Crippen LogP) is 4.27. The molecule has 1 aliphatic rings. The van der Waals surface area contributed by atoms with Crippen LogP contribution in [0.4, 0.5) is 0 Å². The van der Waals surface area contributed by atoms with Crippen molar-refractivity contribution in [2.45, 2.75) is 46.1 Å². The Hall–Kier alpha value is -1.29. The Morgan fingerprint density at radius 2 is 2.19 bits per heavy atom. The van der Waals surface area contributed by atoms with Crippen molar-refractivity contribution in [2.75, 3.05) is 0 Å². The fraction of sp³-hybridized carbons (Fsp3) is 0.625. The number of hydrogen-bond donors (Lipinski definition) is 1. The largest absolute Gasteiger partial charge is 0.478 e. The lowest BCUT2D eigenvalue weighted by atomic mass is 9.75. The fourth-order valence-electron chi connectivity index (χ4n) is 3.05. The zero-order valence-electron chi connectivity index (χ0n) is 12.7. The number of ether oxygens (including phenoxy) is 1. The maximum atomic E-state index is 11.1. The van der Waals surface area contributed by atoms with Crippen LogP contribution in [-0.2, 0) is 0 Å². The molecular weight excluding hydrogens is 290 g/mol. The van der Waals surface area contributed by atoms with Gasteiger partial charge in [0.1, 0.15) is 6.10 Å². The minimum absolute atomic E-state index is 0.0339. The van der Waals surface area contributed by atoms with Crippen LogP contribution in [0.15, 0.2) is 12.3 Å². The number of carboxylic acid groups (broad SMARTS) is 1. The Morgan fingerprint density at radius 3 is 2.81 bits per heavy atom. The zero-order chi connectivity index (χ0) is 15.6. The molecule has 0 saturated heterocycles. The molecule has 1 aromatic heterocycles. The normalized spacial score (nSPS) is 25.9. The van der Waals surface area contributed by atoms with Crippen LogP contribution in [0.2, 0.25) is 5.02 Å². The topological polar surface area (TPSA) is 59.4 Å². The monoisotopic (exact) mass is 311 g/mol. The van der Waals surface area contributed by atoms with Crippen LogP contribution in [0.3, 0.4) is 0 Å². The molecule has 1 heterocycles. The molecule has 116 valence electrons. The number of nitrogens with zero attached hydrogens (tertiary/aromatic N) is 1. The van der Waals surface area contributed by atoms with Gasteiger partial charge in [-0.2, -0.15) is 0 Å². The van der Waals surface area contributed by atoms with E-state index >= 15 is 0 Å². The maximum Gasteiger partial charge on any atom is 0.337 e. The number of carboxylic acids is 1. The van der Waals surface area contributed by atoms with Crippen molar-refractivity contribution >= 4 is 17.6 Å². The molecule has 1 fully saturated rings. The molecule has 3 atom stereocenters. The van der Waals surface area contributed by atoms with Gasteiger partial charge in [-0.3, -0.25) is 0 Å². The van der Waals surface area contributed by atoms with E-state index in [2.05, 4.69) is 25.8 Å². The van der Waals surface area contributed by atoms with E-state index in [0.29, 0.717) is 23.6 Å². The fourth-order valence-corrected chi connectivity index (χ4v) is 3.24. The quantitative estimate of drug-likeness (QED) is 0.902. The second-order valence-electron chi connectivity index (χ2n) is 6.29. The highest BCUT2D eigenvalue weighted by molar-refractivity contribution is 6.33. The molecule has 0 aliphatic heterocycles. The third kappa shape index (κ3) is 3.88. The van der Waals surface area contributed by atoms with Gasteiger partial charge in [-0.05, 0) is 30.6 Å². The standard InChI is InChI=1S/C16H22ClNO3/c1-9(2)11-5-4-10(3)6-14(11)21-15-7-12(16(19)20)13(17)8-18-15/h7-11,14H,4-6H2,1-3H3,(H,19,20). The number of pyridine rings is 1. The minimum Gasteiger partial charge on any atom is -0.478 e. The Morgan fingerprint density at radius 1 is 1.48 bits per heavy atom. The van der Waals surface area contributed by atoms with Crippen LogP contribution in [0, 0.1) is 17.8 Å². The molecule has 0 spiro atoms. The highest BCUT2D eigenvalue weighted by Crippen LogP contribution is 2.36. The number of rotatable bonds is 4. The van der Waals surface area contributed by atoms with Gasteiger partial charge in [-0.25, -0.2) is 9.78 Å². The number of hydrogen-bond acceptors (Lipinski definition) is 3. The molecule has 5 heteroatoms. The van der Waals surface area contributed by atoms with Crippen molar-refractivity contribution in [3.8, 4) is 5.88 Å². The van der Waals surface area contributed by atoms with E-state index < -0.39 is 5.97 Å². The molecular formula is C16H22ClNO3. The van der Waals surface area contributed by atoms with Crippen molar-refractivity contribution in [1.29, 1.82) is 0 Å². The van der Waals surface area contributed by atoms with E-state index in [1.54, 1.807) is 0 Å². The van der Waals surface area contributed by atoms with E-state index in [9.17, 15) is 4.79 Å². The number of halogens is 1. The van der Waals surface area contributed by atoms with Crippen molar-refractivity contribution in [3.63, 3.8) is 0 Å². The summed E-state index contributed by atoms with van der Waals surface area (Å²) in [5, 5.41) is 9.24. The van der Waals surface area contributed by atoms with Gasteiger partial charge < -0.3 is 9.84 Å². The summed E-state index contributed by atoms with van der Waals surface area (Å²) in [6, 6.07) is 1.42. The Labute approximate surface area is 130 Å². The van der Waals surface area contributed by atoms with E-state index in [4.69, 9.17) is 21.4 Å². The molecule has 21 heavy (non-hydrogen) atoms. The van der Waals surface area contributed by atoms with E-state index in [1.165, 1.54) is 18.7 Å². The summed E-state index contributed by atoms with van der Waals surface area (Å²) in [5.74, 6) is 0.920. The lowest BCUT2D eigenvalue weighted by Gasteiger charge is -2.37. The first-order valence-corrected chi connectivity index (χ1v) is 7.81. The molecule has 1 aliphatic carbocycles. The van der Waals surface area contributed by atoms with Crippen LogP contribution in [0.25, 0.3) is 0 Å². The van der Waals surface area contributed by atoms with E-state index in [1.807, 2.05) is 0 Å². The molecule has 0 radical (unpaired) electrons. The first-order valence-electron chi connectivity index (χ1n) is 7.44. The zero-order valence-corrected chi connectivity index (χ0v) is 13.4. The summed E-state index contributed by atoms with van der Waals surface area (Å²) in [7, 11) is 0. The second-order valence-corrected chi connectivity index (χ2v) is 6.70. The van der Waals surface area contributed by atoms with Gasteiger partial charge in [0.05, 0.1) is 16.8 Å². The molecule has 1 aromatic rings. The van der Waals surface area contributed by atoms with Crippen LogP contribution < -0.4 is 4.74 Å². The average molecular weight is 312 g/mol. The Balaban J connectivity index is 2.18. The smallest absolute Gasteiger partial charge is 0.337 e. The predicted molar refractivity (Wildman–Crippen MR) is 82.0 cm³/mol. The molecule has 3 unspecified atom stereocenters. The van der Waals surface area contributed by atoms with Gasteiger partial charge in [-0.15, -0.1) is 0 Å². The van der Waals surface area contributed by atoms with Crippen molar-refractivity contribution in [1.82, 2.24) is 4.98 Å². The van der Waals surface area contributed by atoms with Gasteiger partial charge in [0.2, 0.25) is 5.88 Å². The summed E-state index contributed by atoms with van der Waals surface area (Å²) in [6.45, 7) is 6.63. The molecule has 4 nitrogen and oxygen atoms in total. The lowest BCUT2D eigenvalue weighted by molar-refractivity contribution is 0.0423. The van der Waals surface area contributed by atoms with Gasteiger partial charge in [0, 0.05) is 6.07 Å². The first-order chi connectivity index (χ1) is 9.88. The lowest BCUT2D eigenvalue weighted by Crippen LogP contribution is -2.36. The Bertz CT molecular complexity index is 518. The maximum absolute atomic E-state index is 11.1. The molecule has 0 amide bonds. The minimum atomic E-state index is -1.07. The van der Waals surface area contributed by atoms with E-state index in [-0.39, 0.29) is 16.7 Å². The summed E-state index contributed by atoms with van der Waals surface area (Å²) < 4.78 is 6.01. The van der Waals surface area contributed by atoms with Gasteiger partial charge >= 0.3 is 5.97 Å². The SMILES string of the molecule is CC1CCC(C(C)C)C(Oc2cc(C(=O)O)c(Cl)cn2)C1. The third-order valence-corrected chi connectivity index (χ3v) is 4.60. The molecule has 1 N–H and O–H groups in total. The first kappa shape index (κ1) is 16.1. The van der Waals surface area contributed by atoms with Gasteiger partial charge in [-0.1, -0.05) is 38.8 Å². The summed E-state index contributed by atoms with van der Waals surface area (Å²) >= 11 is 5.84. The average Bonchev–Trinajstić information content (AvgIpc) is 2.40. The number of aromatic nitrogens is 1. The molecule has 0 aromatic carbocycles. The van der Waals surface area contributed by atoms with Crippen LogP contribution in [0.5, 0.6) is 5.88 Å². The summed E-state index contributed by atoms with van der Waals surface area (Å²) in [6.07, 6.45) is 4.77. The Kier molecular flexibility index (Phi) is 5.09. The van der Waals surface area contributed by atoms with Crippen LogP contribution in [-0.4, -0.2) is 22.2 Å². The highest BCUT2D eigenvalue weighted by atomic mass is 35.5. The highest BCUT2D eigenvalue weighted by Gasteiger charge is 2.32. The van der Waals surface area contributed by atoms with Crippen LogP contribution >= 0.6 is 11.6 Å². The van der Waals surface area contributed by atoms with E-state index in [0.717, 1.165) is 12.8 Å². The number of aromatic carboxylic acids is 1. The third-order valence-electron chi connectivity index (χ3n) is 4.29. The van der Waals surface area contributed by atoms with Crippen molar-refractivity contribution in [3.05, 3.63) is 22.8 Å². The summed E-state index contributed by atoms with van der Waals surface area (Å²) in [5.41, 5.74) is 0.0339. The van der Waals surface area contributed by atoms with Crippen LogP contribution in [0.1, 0.15) is 50.4 Å². The van der Waals surface area contributed by atoms with Gasteiger partial charge in [0.15, 0.2) is 0 Å². The van der Waals surface area contributed by atoms with Crippen molar-refractivity contribution in [2.24, 2.45) is 17.8 Å². The molecule has 2 rings (SSSR count). The van der Waals surface area contributed by atoms with Crippen molar-refractivity contribution < 1.29 is 14.6 Å². The summed E-state index contributed by atoms with van der Waals surface area (Å²) in [4.78, 5) is 15.2. The molecule has 0 bridgehead atoms. The number of carbonyl (C=O) groups is 1.